The number of nitrogens with one attached hydrogen (secondary N) is 1. The monoisotopic (exact) mass is 312 g/mol. The lowest BCUT2D eigenvalue weighted by Crippen LogP contribution is -2.41. The largest absolute Gasteiger partial charge is 0.496 e. The Morgan fingerprint density at radius 1 is 1.39 bits per heavy atom. The van der Waals surface area contributed by atoms with Gasteiger partial charge in [-0.1, -0.05) is 31.9 Å². The quantitative estimate of drug-likeness (QED) is 0.682. The van der Waals surface area contributed by atoms with Crippen LogP contribution in [0.3, 0.4) is 0 Å². The van der Waals surface area contributed by atoms with Crippen LogP contribution < -0.4 is 10.1 Å². The number of hydrogen-bond donors (Lipinski definition) is 1. The lowest BCUT2D eigenvalue weighted by Gasteiger charge is -2.29. The highest BCUT2D eigenvalue weighted by molar-refractivity contribution is 6.01. The summed E-state index contributed by atoms with van der Waals surface area (Å²) in [6, 6.07) is 7.82. The minimum Gasteiger partial charge on any atom is -0.496 e. The minimum absolute atomic E-state index is 0.133. The van der Waals surface area contributed by atoms with Crippen LogP contribution in [0.1, 0.15) is 43.7 Å². The molecule has 0 heterocycles. The zero-order chi connectivity index (χ0) is 16.8. The summed E-state index contributed by atoms with van der Waals surface area (Å²) in [5.74, 6) is 0.926. The number of carbonyl (C=O) groups is 1. The maximum absolute atomic E-state index is 12.4. The van der Waals surface area contributed by atoms with E-state index in [1.54, 1.807) is 13.2 Å². The first-order valence-corrected chi connectivity index (χ1v) is 8.12. The first kappa shape index (κ1) is 17.1. The molecular weight excluding hydrogens is 288 g/mol. The molecule has 23 heavy (non-hydrogen) atoms. The number of nitrogens with zero attached hydrogens (tertiary/aromatic N) is 1. The molecule has 0 saturated heterocycles. The topological polar surface area (TPSA) is 62.1 Å². The van der Waals surface area contributed by atoms with Gasteiger partial charge in [0.25, 0.3) is 5.91 Å². The Kier molecular flexibility index (Phi) is 5.81. The molecule has 1 aliphatic carbocycles. The number of benzene rings is 1. The van der Waals surface area contributed by atoms with Gasteiger partial charge in [-0.25, -0.2) is 0 Å². The summed E-state index contributed by atoms with van der Waals surface area (Å²) in [6.45, 7) is 4.11. The Labute approximate surface area is 138 Å². The minimum atomic E-state index is -0.286. The molecule has 0 unspecified atom stereocenters. The fourth-order valence-electron chi connectivity index (χ4n) is 3.02. The van der Waals surface area contributed by atoms with E-state index in [2.05, 4.69) is 12.2 Å². The first-order chi connectivity index (χ1) is 11.0. The Bertz CT molecular complexity index is 643. The van der Waals surface area contributed by atoms with Gasteiger partial charge in [0.15, 0.2) is 0 Å². The van der Waals surface area contributed by atoms with Crippen molar-refractivity contribution in [2.24, 2.45) is 5.92 Å². The second kappa shape index (κ2) is 7.82. The van der Waals surface area contributed by atoms with E-state index in [-0.39, 0.29) is 17.5 Å². The fraction of sp³-hybridized carbons (Fsp3) is 0.474. The smallest absolute Gasteiger partial charge is 0.262 e. The number of ether oxygens (including phenoxy) is 1. The molecule has 0 radical (unpaired) electrons. The average molecular weight is 312 g/mol. The van der Waals surface area contributed by atoms with E-state index in [4.69, 9.17) is 4.74 Å². The van der Waals surface area contributed by atoms with Crippen molar-refractivity contribution in [1.29, 1.82) is 5.26 Å². The van der Waals surface area contributed by atoms with Crippen LogP contribution >= 0.6 is 0 Å². The Morgan fingerprint density at radius 3 is 2.78 bits per heavy atom. The average Bonchev–Trinajstić information content (AvgIpc) is 2.56. The van der Waals surface area contributed by atoms with Crippen LogP contribution in [-0.4, -0.2) is 19.1 Å². The molecule has 1 N–H and O–H groups in total. The van der Waals surface area contributed by atoms with Gasteiger partial charge in [0.1, 0.15) is 17.4 Å². The Balaban J connectivity index is 2.15. The van der Waals surface area contributed by atoms with E-state index in [0.29, 0.717) is 5.92 Å². The molecule has 1 aromatic carbocycles. The number of methoxy groups -OCH3 is 1. The van der Waals surface area contributed by atoms with Gasteiger partial charge in [-0.15, -0.1) is 0 Å². The predicted octanol–water partition coefficient (Wildman–Crippen LogP) is 3.61. The normalized spacial score (nSPS) is 21.4. The van der Waals surface area contributed by atoms with Crippen LogP contribution in [0.5, 0.6) is 5.75 Å². The highest BCUT2D eigenvalue weighted by Crippen LogP contribution is 2.24. The third-order valence-corrected chi connectivity index (χ3v) is 4.54. The Morgan fingerprint density at radius 2 is 2.13 bits per heavy atom. The van der Waals surface area contributed by atoms with Gasteiger partial charge in [0.05, 0.1) is 7.11 Å². The molecule has 1 fully saturated rings. The molecule has 2 atom stereocenters. The number of amides is 1. The molecule has 2 rings (SSSR count). The second-order valence-electron chi connectivity index (χ2n) is 6.24. The van der Waals surface area contributed by atoms with Crippen molar-refractivity contribution in [3.05, 3.63) is 34.9 Å². The van der Waals surface area contributed by atoms with Gasteiger partial charge < -0.3 is 10.1 Å². The molecule has 4 nitrogen and oxygen atoms in total. The highest BCUT2D eigenvalue weighted by atomic mass is 16.5. The van der Waals surface area contributed by atoms with Crippen molar-refractivity contribution in [3.63, 3.8) is 0 Å². The maximum atomic E-state index is 12.4. The second-order valence-corrected chi connectivity index (χ2v) is 6.24. The van der Waals surface area contributed by atoms with Gasteiger partial charge in [-0.05, 0) is 49.0 Å². The number of aryl methyl sites for hydroxylation is 1. The molecule has 1 amide bonds. The number of hydrogen-bond acceptors (Lipinski definition) is 3. The zero-order valence-electron chi connectivity index (χ0n) is 14.1. The molecule has 1 saturated carbocycles. The zero-order valence-corrected chi connectivity index (χ0v) is 14.1. The van der Waals surface area contributed by atoms with Gasteiger partial charge in [-0.3, -0.25) is 4.79 Å². The molecule has 1 aliphatic rings. The maximum Gasteiger partial charge on any atom is 0.262 e. The molecule has 122 valence electrons. The molecule has 1 aromatic rings. The number of nitriles is 1. The summed E-state index contributed by atoms with van der Waals surface area (Å²) in [5.41, 5.74) is 1.94. The molecule has 0 aliphatic heterocycles. The Hall–Kier alpha value is -2.28. The summed E-state index contributed by atoms with van der Waals surface area (Å²) >= 11 is 0. The molecule has 0 bridgehead atoms. The summed E-state index contributed by atoms with van der Waals surface area (Å²) < 4.78 is 5.28. The van der Waals surface area contributed by atoms with Crippen LogP contribution in [-0.2, 0) is 4.79 Å². The molecule has 0 aromatic heterocycles. The standard InChI is InChI=1S/C19H24N2O2/c1-13-6-4-5-7-17(13)21-19(22)16(12-20)10-15-9-8-14(2)18(11-15)23-3/h8-11,13,17H,4-7H2,1-3H3,(H,21,22)/b16-10+/t13-,17+/m0/s1. The van der Waals surface area contributed by atoms with Crippen molar-refractivity contribution in [3.8, 4) is 11.8 Å². The highest BCUT2D eigenvalue weighted by Gasteiger charge is 2.24. The van der Waals surface area contributed by atoms with Crippen LogP contribution in [0.2, 0.25) is 0 Å². The first-order valence-electron chi connectivity index (χ1n) is 8.12. The van der Waals surface area contributed by atoms with Crippen LogP contribution in [0.4, 0.5) is 0 Å². The summed E-state index contributed by atoms with van der Waals surface area (Å²) in [7, 11) is 1.61. The van der Waals surface area contributed by atoms with Crippen molar-refractivity contribution in [1.82, 2.24) is 5.32 Å². The fourth-order valence-corrected chi connectivity index (χ4v) is 3.02. The van der Waals surface area contributed by atoms with Gasteiger partial charge >= 0.3 is 0 Å². The molecule has 4 heteroatoms. The third kappa shape index (κ3) is 4.35. The van der Waals surface area contributed by atoms with E-state index >= 15 is 0 Å². The van der Waals surface area contributed by atoms with Crippen molar-refractivity contribution >= 4 is 12.0 Å². The van der Waals surface area contributed by atoms with Gasteiger partial charge in [-0.2, -0.15) is 5.26 Å². The summed E-state index contributed by atoms with van der Waals surface area (Å²) in [5, 5.41) is 12.3. The van der Waals surface area contributed by atoms with Crippen LogP contribution in [0, 0.1) is 24.2 Å². The summed E-state index contributed by atoms with van der Waals surface area (Å²) in [4.78, 5) is 12.4. The van der Waals surface area contributed by atoms with E-state index in [9.17, 15) is 10.1 Å². The summed E-state index contributed by atoms with van der Waals surface area (Å²) in [6.07, 6.45) is 6.09. The van der Waals surface area contributed by atoms with Gasteiger partial charge in [0, 0.05) is 6.04 Å². The van der Waals surface area contributed by atoms with Crippen molar-refractivity contribution < 1.29 is 9.53 Å². The lowest BCUT2D eigenvalue weighted by atomic mass is 9.86. The third-order valence-electron chi connectivity index (χ3n) is 4.54. The van der Waals surface area contributed by atoms with Crippen molar-refractivity contribution in [2.75, 3.05) is 7.11 Å². The van der Waals surface area contributed by atoms with Crippen LogP contribution in [0.25, 0.3) is 6.08 Å². The van der Waals surface area contributed by atoms with Crippen LogP contribution in [0.15, 0.2) is 23.8 Å². The van der Waals surface area contributed by atoms with E-state index in [0.717, 1.165) is 36.1 Å². The predicted molar refractivity (Wildman–Crippen MR) is 90.9 cm³/mol. The van der Waals surface area contributed by atoms with Crippen molar-refractivity contribution in [2.45, 2.75) is 45.6 Å². The van der Waals surface area contributed by atoms with E-state index < -0.39 is 0 Å². The van der Waals surface area contributed by atoms with Gasteiger partial charge in [0.2, 0.25) is 0 Å². The molecular formula is C19H24N2O2. The molecule has 0 spiro atoms. The number of carbonyl (C=O) groups excluding carboxylic acids is 1. The van der Waals surface area contributed by atoms with E-state index in [1.807, 2.05) is 31.2 Å². The number of rotatable bonds is 4. The van der Waals surface area contributed by atoms with E-state index in [1.165, 1.54) is 6.42 Å². The lowest BCUT2D eigenvalue weighted by molar-refractivity contribution is -0.118. The SMILES string of the molecule is COc1cc(/C=C(\C#N)C(=O)N[C@@H]2CCCC[C@@H]2C)ccc1C.